The number of nitrogens with zero attached hydrogens (tertiary/aromatic N) is 4. The van der Waals surface area contributed by atoms with Gasteiger partial charge in [-0.3, -0.25) is 14.6 Å². The molecule has 5 heteroatoms. The fourth-order valence-corrected chi connectivity index (χ4v) is 3.03. The molecule has 1 aromatic carbocycles. The first-order chi connectivity index (χ1) is 12.7. The summed E-state index contributed by atoms with van der Waals surface area (Å²) >= 11 is 0. The molecule has 128 valence electrons. The standard InChI is InChI=1S/C21H17FN4/c1-15-20(18-10-4-6-12-23-18)25-26(14-16-8-2-3-9-17(16)22)21(15)19-11-5-7-13-24-19/h2-13H,14H2,1H3. The number of halogens is 1. The van der Waals surface area contributed by atoms with E-state index in [1.54, 1.807) is 29.2 Å². The Morgan fingerprint density at radius 1 is 0.846 bits per heavy atom. The van der Waals surface area contributed by atoms with E-state index in [0.717, 1.165) is 28.3 Å². The summed E-state index contributed by atoms with van der Waals surface area (Å²) < 4.78 is 16.0. The lowest BCUT2D eigenvalue weighted by atomic mass is 10.1. The van der Waals surface area contributed by atoms with Gasteiger partial charge in [-0.05, 0) is 37.3 Å². The predicted molar refractivity (Wildman–Crippen MR) is 98.9 cm³/mol. The largest absolute Gasteiger partial charge is 0.258 e. The van der Waals surface area contributed by atoms with Gasteiger partial charge in [0.05, 0.1) is 23.6 Å². The lowest BCUT2D eigenvalue weighted by molar-refractivity contribution is 0.587. The van der Waals surface area contributed by atoms with Gasteiger partial charge in [0.15, 0.2) is 0 Å². The molecule has 0 amide bonds. The van der Waals surface area contributed by atoms with Crippen molar-refractivity contribution in [3.63, 3.8) is 0 Å². The van der Waals surface area contributed by atoms with Crippen LogP contribution in [-0.4, -0.2) is 19.7 Å². The Kier molecular flexibility index (Phi) is 4.27. The molecule has 3 aromatic heterocycles. The highest BCUT2D eigenvalue weighted by atomic mass is 19.1. The first-order valence-corrected chi connectivity index (χ1v) is 8.37. The highest BCUT2D eigenvalue weighted by Gasteiger charge is 2.19. The first kappa shape index (κ1) is 16.1. The van der Waals surface area contributed by atoms with Gasteiger partial charge in [-0.25, -0.2) is 4.39 Å². The fraction of sp³-hybridized carbons (Fsp3) is 0.0952. The second-order valence-corrected chi connectivity index (χ2v) is 6.00. The Labute approximate surface area is 151 Å². The first-order valence-electron chi connectivity index (χ1n) is 8.37. The van der Waals surface area contributed by atoms with Crippen LogP contribution in [0.3, 0.4) is 0 Å². The van der Waals surface area contributed by atoms with Gasteiger partial charge >= 0.3 is 0 Å². The molecule has 0 aliphatic rings. The van der Waals surface area contributed by atoms with Gasteiger partial charge in [-0.1, -0.05) is 30.3 Å². The van der Waals surface area contributed by atoms with Gasteiger partial charge in [0.2, 0.25) is 0 Å². The third-order valence-electron chi connectivity index (χ3n) is 4.28. The number of rotatable bonds is 4. The molecule has 0 aliphatic carbocycles. The van der Waals surface area contributed by atoms with E-state index in [4.69, 9.17) is 5.10 Å². The topological polar surface area (TPSA) is 43.6 Å². The van der Waals surface area contributed by atoms with Gasteiger partial charge < -0.3 is 0 Å². The molecule has 0 saturated carbocycles. The van der Waals surface area contributed by atoms with Crippen LogP contribution >= 0.6 is 0 Å². The van der Waals surface area contributed by atoms with Crippen molar-refractivity contribution in [2.45, 2.75) is 13.5 Å². The maximum Gasteiger partial charge on any atom is 0.128 e. The number of hydrogen-bond donors (Lipinski definition) is 0. The molecule has 0 fully saturated rings. The van der Waals surface area contributed by atoms with Crippen molar-refractivity contribution in [2.75, 3.05) is 0 Å². The van der Waals surface area contributed by atoms with Gasteiger partial charge in [0.25, 0.3) is 0 Å². The van der Waals surface area contributed by atoms with E-state index >= 15 is 0 Å². The van der Waals surface area contributed by atoms with E-state index in [1.807, 2.05) is 49.4 Å². The van der Waals surface area contributed by atoms with E-state index in [0.29, 0.717) is 12.1 Å². The third kappa shape index (κ3) is 2.99. The Morgan fingerprint density at radius 3 is 2.15 bits per heavy atom. The molecule has 26 heavy (non-hydrogen) atoms. The van der Waals surface area contributed by atoms with Crippen LogP contribution in [0.5, 0.6) is 0 Å². The van der Waals surface area contributed by atoms with Crippen molar-refractivity contribution < 1.29 is 4.39 Å². The summed E-state index contributed by atoms with van der Waals surface area (Å²) in [6, 6.07) is 18.2. The number of hydrogen-bond acceptors (Lipinski definition) is 3. The normalized spacial score (nSPS) is 10.8. The quantitative estimate of drug-likeness (QED) is 0.547. The lowest BCUT2D eigenvalue weighted by Crippen LogP contribution is -2.06. The summed E-state index contributed by atoms with van der Waals surface area (Å²) in [7, 11) is 0. The fourth-order valence-electron chi connectivity index (χ4n) is 3.03. The maximum atomic E-state index is 14.2. The minimum atomic E-state index is -0.244. The Morgan fingerprint density at radius 2 is 1.50 bits per heavy atom. The Hall–Kier alpha value is -3.34. The van der Waals surface area contributed by atoms with Crippen molar-refractivity contribution in [3.05, 3.63) is 90.0 Å². The van der Waals surface area contributed by atoms with Crippen LogP contribution in [0.1, 0.15) is 11.1 Å². The van der Waals surface area contributed by atoms with Gasteiger partial charge in [-0.2, -0.15) is 5.10 Å². The molecule has 0 saturated heterocycles. The predicted octanol–water partition coefficient (Wildman–Crippen LogP) is 4.50. The molecule has 4 rings (SSSR count). The molecule has 0 bridgehead atoms. The Balaban J connectivity index is 1.88. The number of pyridine rings is 2. The van der Waals surface area contributed by atoms with Crippen LogP contribution in [0.15, 0.2) is 73.1 Å². The summed E-state index contributed by atoms with van der Waals surface area (Å²) in [6.45, 7) is 2.32. The van der Waals surface area contributed by atoms with Crippen molar-refractivity contribution in [1.29, 1.82) is 0 Å². The number of benzene rings is 1. The SMILES string of the molecule is Cc1c(-c2ccccn2)nn(Cc2ccccc2F)c1-c1ccccn1. The van der Waals surface area contributed by atoms with E-state index in [9.17, 15) is 4.39 Å². The van der Waals surface area contributed by atoms with E-state index in [-0.39, 0.29) is 5.82 Å². The van der Waals surface area contributed by atoms with Gasteiger partial charge in [0, 0.05) is 23.5 Å². The van der Waals surface area contributed by atoms with Crippen molar-refractivity contribution in [2.24, 2.45) is 0 Å². The van der Waals surface area contributed by atoms with Crippen LogP contribution in [0.25, 0.3) is 22.8 Å². The van der Waals surface area contributed by atoms with Crippen molar-refractivity contribution in [1.82, 2.24) is 19.7 Å². The van der Waals surface area contributed by atoms with Crippen LogP contribution in [-0.2, 0) is 6.54 Å². The average molecular weight is 344 g/mol. The molecular formula is C21H17FN4. The minimum absolute atomic E-state index is 0.244. The molecule has 0 radical (unpaired) electrons. The summed E-state index contributed by atoms with van der Waals surface area (Å²) in [6.07, 6.45) is 3.49. The zero-order valence-corrected chi connectivity index (χ0v) is 14.3. The van der Waals surface area contributed by atoms with Crippen molar-refractivity contribution >= 4 is 0 Å². The maximum absolute atomic E-state index is 14.2. The molecule has 4 aromatic rings. The summed E-state index contributed by atoms with van der Waals surface area (Å²) in [5.74, 6) is -0.244. The van der Waals surface area contributed by atoms with Gasteiger partial charge in [-0.15, -0.1) is 0 Å². The van der Waals surface area contributed by atoms with Crippen LogP contribution in [0.4, 0.5) is 4.39 Å². The second-order valence-electron chi connectivity index (χ2n) is 6.00. The second kappa shape index (κ2) is 6.88. The smallest absolute Gasteiger partial charge is 0.128 e. The monoisotopic (exact) mass is 344 g/mol. The Bertz CT molecular complexity index is 1030. The molecule has 3 heterocycles. The van der Waals surface area contributed by atoms with E-state index in [1.165, 1.54) is 6.07 Å². The highest BCUT2D eigenvalue weighted by molar-refractivity contribution is 5.70. The zero-order chi connectivity index (χ0) is 17.9. The lowest BCUT2D eigenvalue weighted by Gasteiger charge is -2.09. The molecule has 0 unspecified atom stereocenters. The third-order valence-corrected chi connectivity index (χ3v) is 4.28. The molecule has 0 atom stereocenters. The summed E-state index contributed by atoms with van der Waals surface area (Å²) in [4.78, 5) is 8.88. The van der Waals surface area contributed by atoms with Crippen molar-refractivity contribution in [3.8, 4) is 22.8 Å². The van der Waals surface area contributed by atoms with Crippen LogP contribution in [0, 0.1) is 12.7 Å². The molecular weight excluding hydrogens is 327 g/mol. The molecule has 4 nitrogen and oxygen atoms in total. The molecule has 0 aliphatic heterocycles. The minimum Gasteiger partial charge on any atom is -0.258 e. The highest BCUT2D eigenvalue weighted by Crippen LogP contribution is 2.30. The van der Waals surface area contributed by atoms with Crippen LogP contribution in [0.2, 0.25) is 0 Å². The molecule has 0 N–H and O–H groups in total. The van der Waals surface area contributed by atoms with E-state index < -0.39 is 0 Å². The molecule has 0 spiro atoms. The summed E-state index contributed by atoms with van der Waals surface area (Å²) in [5, 5.41) is 4.74. The van der Waals surface area contributed by atoms with Crippen LogP contribution < -0.4 is 0 Å². The average Bonchev–Trinajstić information content (AvgIpc) is 3.01. The van der Waals surface area contributed by atoms with Gasteiger partial charge in [0.1, 0.15) is 11.5 Å². The zero-order valence-electron chi connectivity index (χ0n) is 14.3. The van der Waals surface area contributed by atoms with E-state index in [2.05, 4.69) is 9.97 Å². The number of aromatic nitrogens is 4. The summed E-state index contributed by atoms with van der Waals surface area (Å²) in [5.41, 5.74) is 4.79.